The van der Waals surface area contributed by atoms with Crippen LogP contribution in [0.2, 0.25) is 5.02 Å². The molecule has 0 spiro atoms. The number of carbonyl (C=O) groups is 2. The quantitative estimate of drug-likeness (QED) is 0.546. The van der Waals surface area contributed by atoms with Gasteiger partial charge >= 0.3 is 0 Å². The van der Waals surface area contributed by atoms with Crippen molar-refractivity contribution in [3.8, 4) is 0 Å². The van der Waals surface area contributed by atoms with Gasteiger partial charge in [-0.25, -0.2) is 4.39 Å². The van der Waals surface area contributed by atoms with E-state index in [0.29, 0.717) is 10.9 Å². The largest absolute Gasteiger partial charge is 0.360 e. The molecule has 0 bridgehead atoms. The number of anilines is 1. The summed E-state index contributed by atoms with van der Waals surface area (Å²) in [4.78, 5) is 27.7. The van der Waals surface area contributed by atoms with Gasteiger partial charge in [0.2, 0.25) is 0 Å². The summed E-state index contributed by atoms with van der Waals surface area (Å²) in [7, 11) is 0. The molecule has 0 saturated carbocycles. The van der Waals surface area contributed by atoms with Crippen LogP contribution < -0.4 is 5.32 Å². The molecule has 1 amide bonds. The molecule has 0 aliphatic heterocycles. The van der Waals surface area contributed by atoms with Crippen LogP contribution in [0.5, 0.6) is 0 Å². The predicted octanol–water partition coefficient (Wildman–Crippen LogP) is 4.34. The molecule has 1 heterocycles. The highest BCUT2D eigenvalue weighted by atomic mass is 35.5. The van der Waals surface area contributed by atoms with Crippen molar-refractivity contribution in [2.75, 3.05) is 5.32 Å². The monoisotopic (exact) mass is 344 g/mol. The molecule has 0 fully saturated rings. The Morgan fingerprint density at radius 1 is 1.25 bits per heavy atom. The third-order valence-corrected chi connectivity index (χ3v) is 4.10. The van der Waals surface area contributed by atoms with E-state index in [-0.39, 0.29) is 10.7 Å². The molecule has 122 valence electrons. The molecular weight excluding hydrogens is 331 g/mol. The van der Waals surface area contributed by atoms with Crippen molar-refractivity contribution in [3.05, 3.63) is 64.6 Å². The molecule has 3 aromatic rings. The summed E-state index contributed by atoms with van der Waals surface area (Å²) in [5.41, 5.74) is 2.47. The standard InChI is InChI=1S/C18H14ClFN2O2/c1-2-10-4-3-5-12-13(9-21-16(10)12)17(23)18(24)22-11-6-7-15(20)14(19)8-11/h3-9,21H,2H2,1H3,(H,22,24). The van der Waals surface area contributed by atoms with E-state index in [1.54, 1.807) is 6.07 Å². The number of aryl methyl sites for hydroxylation is 1. The third-order valence-electron chi connectivity index (χ3n) is 3.81. The number of rotatable bonds is 4. The number of nitrogens with one attached hydrogen (secondary N) is 2. The lowest BCUT2D eigenvalue weighted by atomic mass is 10.0. The van der Waals surface area contributed by atoms with E-state index in [1.807, 2.05) is 19.1 Å². The minimum absolute atomic E-state index is 0.125. The van der Waals surface area contributed by atoms with Gasteiger partial charge in [-0.05, 0) is 30.2 Å². The van der Waals surface area contributed by atoms with Crippen molar-refractivity contribution in [2.45, 2.75) is 13.3 Å². The number of para-hydroxylation sites is 1. The lowest BCUT2D eigenvalue weighted by Gasteiger charge is -2.05. The number of fused-ring (bicyclic) bond motifs is 1. The molecule has 1 aromatic heterocycles. The van der Waals surface area contributed by atoms with Gasteiger partial charge in [0.15, 0.2) is 0 Å². The van der Waals surface area contributed by atoms with Crippen LogP contribution >= 0.6 is 11.6 Å². The highest BCUT2D eigenvalue weighted by Gasteiger charge is 2.21. The average molecular weight is 345 g/mol. The van der Waals surface area contributed by atoms with Gasteiger partial charge in [0, 0.05) is 22.8 Å². The number of aromatic nitrogens is 1. The molecule has 0 unspecified atom stereocenters. The zero-order chi connectivity index (χ0) is 17.3. The van der Waals surface area contributed by atoms with Crippen LogP contribution in [0.15, 0.2) is 42.6 Å². The van der Waals surface area contributed by atoms with Gasteiger partial charge < -0.3 is 10.3 Å². The van der Waals surface area contributed by atoms with E-state index in [9.17, 15) is 14.0 Å². The summed E-state index contributed by atoms with van der Waals surface area (Å²) >= 11 is 5.67. The van der Waals surface area contributed by atoms with Crippen LogP contribution in [0.25, 0.3) is 10.9 Å². The zero-order valence-electron chi connectivity index (χ0n) is 12.8. The molecule has 0 radical (unpaired) electrons. The van der Waals surface area contributed by atoms with E-state index in [0.717, 1.165) is 23.6 Å². The number of benzene rings is 2. The zero-order valence-corrected chi connectivity index (χ0v) is 13.6. The Labute approximate surface area is 142 Å². The van der Waals surface area contributed by atoms with Gasteiger partial charge in [-0.3, -0.25) is 9.59 Å². The molecule has 0 atom stereocenters. The summed E-state index contributed by atoms with van der Waals surface area (Å²) in [6, 6.07) is 9.34. The van der Waals surface area contributed by atoms with Crippen LogP contribution in [-0.4, -0.2) is 16.7 Å². The number of aromatic amines is 1. The highest BCUT2D eigenvalue weighted by molar-refractivity contribution is 6.48. The first kappa shape index (κ1) is 16.2. The second kappa shape index (κ2) is 6.45. The molecule has 3 rings (SSSR count). The van der Waals surface area contributed by atoms with E-state index < -0.39 is 17.5 Å². The lowest BCUT2D eigenvalue weighted by molar-refractivity contribution is -0.112. The Hall–Kier alpha value is -2.66. The second-order valence-electron chi connectivity index (χ2n) is 5.31. The van der Waals surface area contributed by atoms with E-state index in [2.05, 4.69) is 10.3 Å². The Morgan fingerprint density at radius 2 is 2.04 bits per heavy atom. The van der Waals surface area contributed by atoms with Crippen LogP contribution in [0.4, 0.5) is 10.1 Å². The topological polar surface area (TPSA) is 62.0 Å². The molecule has 0 saturated heterocycles. The number of hydrogen-bond acceptors (Lipinski definition) is 2. The van der Waals surface area contributed by atoms with Gasteiger partial charge in [-0.1, -0.05) is 36.7 Å². The minimum atomic E-state index is -0.805. The molecule has 6 heteroatoms. The van der Waals surface area contributed by atoms with Crippen molar-refractivity contribution in [2.24, 2.45) is 0 Å². The van der Waals surface area contributed by atoms with Gasteiger partial charge in [0.25, 0.3) is 11.7 Å². The Morgan fingerprint density at radius 3 is 2.75 bits per heavy atom. The molecule has 0 aliphatic carbocycles. The fourth-order valence-corrected chi connectivity index (χ4v) is 2.76. The van der Waals surface area contributed by atoms with Crippen LogP contribution in [-0.2, 0) is 11.2 Å². The molecule has 4 nitrogen and oxygen atoms in total. The van der Waals surface area contributed by atoms with Crippen molar-refractivity contribution in [3.63, 3.8) is 0 Å². The maximum atomic E-state index is 13.1. The summed E-state index contributed by atoms with van der Waals surface area (Å²) in [5.74, 6) is -2.07. The molecular formula is C18H14ClFN2O2. The first-order valence-electron chi connectivity index (χ1n) is 7.41. The first-order chi connectivity index (χ1) is 11.5. The van der Waals surface area contributed by atoms with Crippen molar-refractivity contribution < 1.29 is 14.0 Å². The van der Waals surface area contributed by atoms with Gasteiger partial charge in [0.1, 0.15) is 5.82 Å². The number of carbonyl (C=O) groups excluding carboxylic acids is 2. The average Bonchev–Trinajstić information content (AvgIpc) is 3.01. The van der Waals surface area contributed by atoms with Gasteiger partial charge in [-0.2, -0.15) is 0 Å². The summed E-state index contributed by atoms with van der Waals surface area (Å²) < 4.78 is 13.1. The lowest BCUT2D eigenvalue weighted by Crippen LogP contribution is -2.22. The molecule has 0 aliphatic rings. The minimum Gasteiger partial charge on any atom is -0.360 e. The van der Waals surface area contributed by atoms with Gasteiger partial charge in [-0.15, -0.1) is 0 Å². The Kier molecular flexibility index (Phi) is 4.36. The van der Waals surface area contributed by atoms with Crippen molar-refractivity contribution >= 4 is 39.9 Å². The number of hydrogen-bond donors (Lipinski definition) is 2. The molecule has 24 heavy (non-hydrogen) atoms. The van der Waals surface area contributed by atoms with E-state index in [1.165, 1.54) is 18.3 Å². The van der Waals surface area contributed by atoms with E-state index in [4.69, 9.17) is 11.6 Å². The molecule has 2 N–H and O–H groups in total. The number of Topliss-reactive ketones (excluding diaryl/α,β-unsaturated/α-hetero) is 1. The number of halogens is 2. The molecule has 2 aromatic carbocycles. The first-order valence-corrected chi connectivity index (χ1v) is 7.78. The summed E-state index contributed by atoms with van der Waals surface area (Å²) in [6.45, 7) is 2.02. The van der Waals surface area contributed by atoms with Crippen LogP contribution in [0.3, 0.4) is 0 Å². The van der Waals surface area contributed by atoms with Crippen molar-refractivity contribution in [1.82, 2.24) is 4.98 Å². The van der Waals surface area contributed by atoms with Crippen molar-refractivity contribution in [1.29, 1.82) is 0 Å². The van der Waals surface area contributed by atoms with Crippen LogP contribution in [0.1, 0.15) is 22.8 Å². The maximum Gasteiger partial charge on any atom is 0.296 e. The SMILES string of the molecule is CCc1cccc2c(C(=O)C(=O)Nc3ccc(F)c(Cl)c3)c[nH]c12. The number of amides is 1. The summed E-state index contributed by atoms with van der Waals surface area (Å²) in [6.07, 6.45) is 2.34. The normalized spacial score (nSPS) is 10.8. The Bertz CT molecular complexity index is 949. The van der Waals surface area contributed by atoms with E-state index >= 15 is 0 Å². The third kappa shape index (κ3) is 2.90. The fourth-order valence-electron chi connectivity index (χ4n) is 2.58. The Balaban J connectivity index is 1.88. The summed E-state index contributed by atoms with van der Waals surface area (Å²) in [5, 5.41) is 3.01. The highest BCUT2D eigenvalue weighted by Crippen LogP contribution is 2.24. The number of ketones is 1. The predicted molar refractivity (Wildman–Crippen MR) is 92.0 cm³/mol. The smallest absolute Gasteiger partial charge is 0.296 e. The second-order valence-corrected chi connectivity index (χ2v) is 5.71. The number of H-pyrrole nitrogens is 1. The maximum absolute atomic E-state index is 13.1. The fraction of sp³-hybridized carbons (Fsp3) is 0.111. The van der Waals surface area contributed by atoms with Gasteiger partial charge in [0.05, 0.1) is 10.6 Å². The van der Waals surface area contributed by atoms with Crippen LogP contribution in [0, 0.1) is 5.82 Å².